The van der Waals surface area contributed by atoms with Crippen LogP contribution in [0.15, 0.2) is 34.7 Å². The Labute approximate surface area is 112 Å². The third-order valence-electron chi connectivity index (χ3n) is 2.63. The van der Waals surface area contributed by atoms with E-state index >= 15 is 0 Å². The number of nitrogens with one attached hydrogen (secondary N) is 1. The molecule has 1 N–H and O–H groups in total. The Morgan fingerprint density at radius 3 is 2.75 bits per heavy atom. The van der Waals surface area contributed by atoms with Crippen molar-refractivity contribution in [2.45, 2.75) is 0 Å². The monoisotopic (exact) mass is 276 g/mol. The van der Waals surface area contributed by atoms with E-state index in [9.17, 15) is 14.9 Å². The highest BCUT2D eigenvalue weighted by atomic mass is 16.7. The molecule has 8 nitrogen and oxygen atoms in total. The fraction of sp³-hybridized carbons (Fsp3) is 0.0833. The predicted octanol–water partition coefficient (Wildman–Crippen LogP) is 2.17. The van der Waals surface area contributed by atoms with Crippen LogP contribution in [0.1, 0.15) is 10.6 Å². The maximum Gasteiger partial charge on any atom is 0.433 e. The summed E-state index contributed by atoms with van der Waals surface area (Å²) in [5.74, 6) is -0.1000. The number of anilines is 1. The van der Waals surface area contributed by atoms with E-state index in [1.54, 1.807) is 18.2 Å². The van der Waals surface area contributed by atoms with Gasteiger partial charge in [-0.25, -0.2) is 0 Å². The summed E-state index contributed by atoms with van der Waals surface area (Å²) in [4.78, 5) is 21.6. The van der Waals surface area contributed by atoms with Gasteiger partial charge in [0.2, 0.25) is 6.79 Å². The summed E-state index contributed by atoms with van der Waals surface area (Å²) in [7, 11) is 0. The van der Waals surface area contributed by atoms with Gasteiger partial charge in [-0.3, -0.25) is 14.9 Å². The fourth-order valence-corrected chi connectivity index (χ4v) is 1.71. The van der Waals surface area contributed by atoms with Crippen molar-refractivity contribution in [2.24, 2.45) is 0 Å². The van der Waals surface area contributed by atoms with Gasteiger partial charge in [0.1, 0.15) is 4.92 Å². The molecule has 0 spiro atoms. The maximum atomic E-state index is 11.9. The van der Waals surface area contributed by atoms with Crippen LogP contribution in [0.25, 0.3) is 0 Å². The first-order chi connectivity index (χ1) is 9.63. The van der Waals surface area contributed by atoms with Crippen molar-refractivity contribution in [3.8, 4) is 11.5 Å². The van der Waals surface area contributed by atoms with Gasteiger partial charge < -0.3 is 19.2 Å². The Morgan fingerprint density at radius 1 is 1.20 bits per heavy atom. The Bertz CT molecular complexity index is 693. The first kappa shape index (κ1) is 12.0. The van der Waals surface area contributed by atoms with Gasteiger partial charge >= 0.3 is 5.88 Å². The van der Waals surface area contributed by atoms with Crippen molar-refractivity contribution < 1.29 is 23.6 Å². The van der Waals surface area contributed by atoms with Crippen molar-refractivity contribution in [1.82, 2.24) is 0 Å². The third-order valence-corrected chi connectivity index (χ3v) is 2.63. The van der Waals surface area contributed by atoms with Crippen molar-refractivity contribution in [2.75, 3.05) is 12.1 Å². The van der Waals surface area contributed by atoms with Crippen LogP contribution >= 0.6 is 0 Å². The second-order valence-corrected chi connectivity index (χ2v) is 3.92. The average molecular weight is 276 g/mol. The minimum Gasteiger partial charge on any atom is -0.454 e. The van der Waals surface area contributed by atoms with Crippen LogP contribution in [0.4, 0.5) is 11.6 Å². The largest absolute Gasteiger partial charge is 0.454 e. The van der Waals surface area contributed by atoms with Gasteiger partial charge in [0.05, 0.1) is 6.07 Å². The number of carbonyl (C=O) groups is 1. The molecule has 0 atom stereocenters. The molecule has 1 amide bonds. The molecule has 0 fully saturated rings. The van der Waals surface area contributed by atoms with E-state index in [0.29, 0.717) is 17.2 Å². The molecule has 0 bridgehead atoms. The number of hydrogen-bond donors (Lipinski definition) is 1. The lowest BCUT2D eigenvalue weighted by Crippen LogP contribution is -2.10. The Hall–Kier alpha value is -3.03. The molecule has 0 saturated heterocycles. The molecule has 20 heavy (non-hydrogen) atoms. The highest BCUT2D eigenvalue weighted by Gasteiger charge is 2.19. The molecule has 2 heterocycles. The molecular formula is C12H8N2O6. The molecule has 1 aliphatic heterocycles. The number of carbonyl (C=O) groups excluding carboxylic acids is 1. The van der Waals surface area contributed by atoms with E-state index in [-0.39, 0.29) is 12.6 Å². The normalized spacial score (nSPS) is 12.2. The fourth-order valence-electron chi connectivity index (χ4n) is 1.71. The van der Waals surface area contributed by atoms with Gasteiger partial charge in [-0.2, -0.15) is 0 Å². The van der Waals surface area contributed by atoms with Crippen molar-refractivity contribution in [3.63, 3.8) is 0 Å². The zero-order valence-electron chi connectivity index (χ0n) is 9.99. The van der Waals surface area contributed by atoms with Crippen LogP contribution in [0.5, 0.6) is 11.5 Å². The summed E-state index contributed by atoms with van der Waals surface area (Å²) >= 11 is 0. The molecule has 102 valence electrons. The van der Waals surface area contributed by atoms with Gasteiger partial charge in [0.15, 0.2) is 17.3 Å². The van der Waals surface area contributed by atoms with Gasteiger partial charge in [0, 0.05) is 11.8 Å². The van der Waals surface area contributed by atoms with Gasteiger partial charge in [-0.1, -0.05) is 0 Å². The summed E-state index contributed by atoms with van der Waals surface area (Å²) in [6.45, 7) is 0.136. The summed E-state index contributed by atoms with van der Waals surface area (Å²) in [6, 6.07) is 7.23. The molecule has 1 aromatic heterocycles. The molecule has 0 aliphatic carbocycles. The van der Waals surface area contributed by atoms with E-state index in [0.717, 1.165) is 6.07 Å². The molecule has 0 unspecified atom stereocenters. The molecule has 0 saturated carbocycles. The molecular weight excluding hydrogens is 268 g/mol. The second-order valence-electron chi connectivity index (χ2n) is 3.92. The third kappa shape index (κ3) is 2.14. The van der Waals surface area contributed by atoms with Crippen LogP contribution in [0, 0.1) is 10.1 Å². The summed E-state index contributed by atoms with van der Waals surface area (Å²) in [5, 5.41) is 13.0. The van der Waals surface area contributed by atoms with Crippen molar-refractivity contribution >= 4 is 17.5 Å². The topological polar surface area (TPSA) is 104 Å². The first-order valence-corrected chi connectivity index (χ1v) is 5.59. The van der Waals surface area contributed by atoms with E-state index in [1.807, 2.05) is 0 Å². The van der Waals surface area contributed by atoms with Crippen LogP contribution in [0.3, 0.4) is 0 Å². The molecule has 3 rings (SSSR count). The van der Waals surface area contributed by atoms with E-state index < -0.39 is 16.7 Å². The quantitative estimate of drug-likeness (QED) is 0.680. The smallest absolute Gasteiger partial charge is 0.433 e. The molecule has 1 aromatic carbocycles. The molecule has 1 aliphatic rings. The lowest BCUT2D eigenvalue weighted by Gasteiger charge is -2.03. The highest BCUT2D eigenvalue weighted by Crippen LogP contribution is 2.34. The first-order valence-electron chi connectivity index (χ1n) is 5.59. The predicted molar refractivity (Wildman–Crippen MR) is 65.9 cm³/mol. The number of fused-ring (bicyclic) bond motifs is 1. The van der Waals surface area contributed by atoms with Crippen LogP contribution in [-0.2, 0) is 0 Å². The highest BCUT2D eigenvalue weighted by molar-refractivity contribution is 6.02. The van der Waals surface area contributed by atoms with Gasteiger partial charge in [-0.05, 0) is 18.2 Å². The second kappa shape index (κ2) is 4.57. The lowest BCUT2D eigenvalue weighted by molar-refractivity contribution is -0.402. The van der Waals surface area contributed by atoms with Crippen LogP contribution in [-0.4, -0.2) is 17.6 Å². The van der Waals surface area contributed by atoms with E-state index in [1.165, 1.54) is 6.07 Å². The Kier molecular flexibility index (Phi) is 2.75. The molecule has 2 aromatic rings. The number of ether oxygens (including phenoxy) is 2. The standard InChI is InChI=1S/C12H8N2O6/c15-12(9-3-4-11(20-9)14(16)17)13-7-1-2-8-10(5-7)19-6-18-8/h1-5H,6H2,(H,13,15). The maximum absolute atomic E-state index is 11.9. The summed E-state index contributed by atoms with van der Waals surface area (Å²) in [6.07, 6.45) is 0. The number of rotatable bonds is 3. The zero-order valence-corrected chi connectivity index (χ0v) is 9.99. The number of nitrogens with zero attached hydrogens (tertiary/aromatic N) is 1. The van der Waals surface area contributed by atoms with Crippen molar-refractivity contribution in [1.29, 1.82) is 0 Å². The van der Waals surface area contributed by atoms with E-state index in [2.05, 4.69) is 5.32 Å². The Balaban J connectivity index is 1.76. The number of furan rings is 1. The van der Waals surface area contributed by atoms with Crippen LogP contribution in [0.2, 0.25) is 0 Å². The average Bonchev–Trinajstić information content (AvgIpc) is 3.07. The lowest BCUT2D eigenvalue weighted by atomic mass is 10.2. The van der Waals surface area contributed by atoms with Gasteiger partial charge in [-0.15, -0.1) is 0 Å². The number of nitro groups is 1. The zero-order chi connectivity index (χ0) is 14.1. The van der Waals surface area contributed by atoms with E-state index in [4.69, 9.17) is 13.9 Å². The minimum absolute atomic E-state index is 0.136. The molecule has 8 heteroatoms. The summed E-state index contributed by atoms with van der Waals surface area (Å²) < 4.78 is 15.1. The number of hydrogen-bond acceptors (Lipinski definition) is 6. The number of amides is 1. The minimum atomic E-state index is -0.711. The van der Waals surface area contributed by atoms with Crippen molar-refractivity contribution in [3.05, 3.63) is 46.2 Å². The SMILES string of the molecule is O=C(Nc1ccc2c(c1)OCO2)c1ccc([N+](=O)[O-])o1. The van der Waals surface area contributed by atoms with Crippen LogP contribution < -0.4 is 14.8 Å². The van der Waals surface area contributed by atoms with Gasteiger partial charge in [0.25, 0.3) is 5.91 Å². The molecule has 0 radical (unpaired) electrons. The Morgan fingerprint density at radius 2 is 2.00 bits per heavy atom. The number of benzene rings is 1. The summed E-state index contributed by atoms with van der Waals surface area (Å²) in [5.41, 5.74) is 0.471.